The maximum Gasteiger partial charge on any atom is 0.417 e. The van der Waals surface area contributed by atoms with E-state index in [2.05, 4.69) is 30.3 Å². The molecule has 7 nitrogen and oxygen atoms in total. The number of benzene rings is 8. The van der Waals surface area contributed by atoms with Crippen molar-refractivity contribution in [2.45, 2.75) is 12.4 Å². The van der Waals surface area contributed by atoms with E-state index in [-0.39, 0.29) is 45.1 Å². The molecule has 0 aliphatic rings. The lowest BCUT2D eigenvalue weighted by Gasteiger charge is -2.21. The Morgan fingerprint density at radius 3 is 1.22 bits per heavy atom. The first-order valence-electron chi connectivity index (χ1n) is 20.6. The van der Waals surface area contributed by atoms with Crippen molar-refractivity contribution >= 4 is 43.6 Å². The minimum atomic E-state index is -5.28. The Bertz CT molecular complexity index is 3960. The normalized spacial score (nSPS) is 11.6. The average molecular weight is 898 g/mol. The van der Waals surface area contributed by atoms with Crippen LogP contribution in [0, 0.1) is 56.7 Å². The molecular weight excluding hydrogens is 873 g/mol. The summed E-state index contributed by atoms with van der Waals surface area (Å²) in [4.78, 5) is 0. The quantitative estimate of drug-likeness (QED) is 0.159. The van der Waals surface area contributed by atoms with Gasteiger partial charge in [0, 0.05) is 27.1 Å². The summed E-state index contributed by atoms with van der Waals surface area (Å²) in [6.45, 7) is 0. The zero-order valence-corrected chi connectivity index (χ0v) is 34.8. The molecule has 8 aromatic carbocycles. The van der Waals surface area contributed by atoms with Gasteiger partial charge in [0.15, 0.2) is 0 Å². The molecule has 0 aliphatic carbocycles. The van der Waals surface area contributed by atoms with Gasteiger partial charge in [-0.15, -0.1) is 0 Å². The second-order valence-electron chi connectivity index (χ2n) is 16.0. The molecule has 0 saturated carbocycles. The Kier molecular flexibility index (Phi) is 9.85. The highest BCUT2D eigenvalue weighted by Crippen LogP contribution is 2.46. The van der Waals surface area contributed by atoms with Crippen molar-refractivity contribution in [2.24, 2.45) is 0 Å². The largest absolute Gasteiger partial charge is 0.417 e. The van der Waals surface area contributed by atoms with Crippen LogP contribution in [0.3, 0.4) is 0 Å². The van der Waals surface area contributed by atoms with Crippen LogP contribution >= 0.6 is 0 Å². The van der Waals surface area contributed by atoms with Crippen LogP contribution in [0.1, 0.15) is 38.9 Å². The first-order chi connectivity index (χ1) is 32.7. The Morgan fingerprint density at radius 2 is 0.794 bits per heavy atom. The molecule has 10 aromatic rings. The Morgan fingerprint density at radius 1 is 0.353 bits per heavy atom. The number of para-hydroxylation sites is 2. The van der Waals surface area contributed by atoms with Gasteiger partial charge < -0.3 is 9.13 Å². The molecule has 10 rings (SSSR count). The van der Waals surface area contributed by atoms with Crippen molar-refractivity contribution in [2.75, 3.05) is 0 Å². The molecule has 13 heteroatoms. The van der Waals surface area contributed by atoms with E-state index in [0.29, 0.717) is 61.5 Å². The van der Waals surface area contributed by atoms with E-state index in [1.807, 2.05) is 88.0 Å². The monoisotopic (exact) mass is 897 g/mol. The molecule has 0 atom stereocenters. The summed E-state index contributed by atoms with van der Waals surface area (Å²) in [5, 5.41) is 53.2. The van der Waals surface area contributed by atoms with E-state index >= 15 is 13.2 Å². The first kappa shape index (κ1) is 42.3. The third-order valence-corrected chi connectivity index (χ3v) is 12.1. The first-order valence-corrected chi connectivity index (χ1v) is 20.6. The van der Waals surface area contributed by atoms with Crippen molar-refractivity contribution in [1.29, 1.82) is 26.3 Å². The Balaban J connectivity index is 1.37. The molecule has 0 aliphatic heterocycles. The van der Waals surface area contributed by atoms with Gasteiger partial charge in [0.1, 0.15) is 0 Å². The number of nitrogens with zero attached hydrogens (tertiary/aromatic N) is 7. The molecule has 2 heterocycles. The molecule has 0 spiro atoms. The second-order valence-corrected chi connectivity index (χ2v) is 16.0. The number of aromatic nitrogens is 2. The Hall–Kier alpha value is -9.61. The maximum absolute atomic E-state index is 15.0. The molecule has 68 heavy (non-hydrogen) atoms. The topological polar surface area (TPSA) is 129 Å². The predicted molar refractivity (Wildman–Crippen MR) is 245 cm³/mol. The van der Waals surface area contributed by atoms with E-state index in [0.717, 1.165) is 22.2 Å². The summed E-state index contributed by atoms with van der Waals surface area (Å²) >= 11 is 0. The molecule has 0 amide bonds. The van der Waals surface area contributed by atoms with E-state index in [1.165, 1.54) is 24.3 Å². The van der Waals surface area contributed by atoms with Gasteiger partial charge in [-0.25, -0.2) is 0 Å². The van der Waals surface area contributed by atoms with Crippen LogP contribution in [-0.4, -0.2) is 9.13 Å². The zero-order chi connectivity index (χ0) is 47.6. The summed E-state index contributed by atoms with van der Waals surface area (Å²) in [6.07, 6.45) is -10.4. The molecular formula is C55H25F6N7. The van der Waals surface area contributed by atoms with Gasteiger partial charge in [0.05, 0.1) is 103 Å². The molecule has 0 radical (unpaired) electrons. The summed E-state index contributed by atoms with van der Waals surface area (Å²) in [6, 6.07) is 49.9. The molecule has 2 aromatic heterocycles. The lowest BCUT2D eigenvalue weighted by Crippen LogP contribution is -2.13. The molecule has 0 unspecified atom stereocenters. The van der Waals surface area contributed by atoms with Crippen LogP contribution in [0.2, 0.25) is 0 Å². The van der Waals surface area contributed by atoms with Crippen LogP contribution in [-0.2, 0) is 12.4 Å². The summed E-state index contributed by atoms with van der Waals surface area (Å²) < 4.78 is 90.8. The highest BCUT2D eigenvalue weighted by molar-refractivity contribution is 6.13. The molecule has 0 fully saturated rings. The van der Waals surface area contributed by atoms with Crippen molar-refractivity contribution in [3.05, 3.63) is 191 Å². The number of hydrogen-bond acceptors (Lipinski definition) is 5. The number of rotatable bonds is 5. The SMILES string of the molecule is N#Cc1cc(C#N)cc(-c2ccc3c4ccccc4n(-c4cc(C#N)c(-c5ccc(C(F)(F)F)cc5C(F)(F)F)cc4-n4c5ccccc5c5ccc(-c6cc(C#N)cc(C#N)c6)cc54)c3c2)c1. The van der Waals surface area contributed by atoms with Crippen LogP contribution in [0.4, 0.5) is 26.3 Å². The molecule has 0 saturated heterocycles. The third kappa shape index (κ3) is 6.98. The van der Waals surface area contributed by atoms with Gasteiger partial charge in [-0.1, -0.05) is 66.7 Å². The fraction of sp³-hybridized carbons (Fsp3) is 0.0364. The van der Waals surface area contributed by atoms with Crippen LogP contribution in [0.15, 0.2) is 152 Å². The van der Waals surface area contributed by atoms with Gasteiger partial charge in [-0.05, 0) is 113 Å². The highest BCUT2D eigenvalue weighted by Gasteiger charge is 2.39. The second kappa shape index (κ2) is 15.8. The van der Waals surface area contributed by atoms with Gasteiger partial charge >= 0.3 is 12.4 Å². The molecule has 0 bridgehead atoms. The summed E-state index contributed by atoms with van der Waals surface area (Å²) in [5.41, 5.74) is 1.87. The van der Waals surface area contributed by atoms with Crippen LogP contribution in [0.5, 0.6) is 0 Å². The van der Waals surface area contributed by atoms with Gasteiger partial charge in [0.2, 0.25) is 0 Å². The third-order valence-electron chi connectivity index (χ3n) is 12.1. The van der Waals surface area contributed by atoms with E-state index in [9.17, 15) is 39.5 Å². The number of alkyl halides is 6. The van der Waals surface area contributed by atoms with Gasteiger partial charge in [-0.2, -0.15) is 52.7 Å². The molecule has 322 valence electrons. The maximum atomic E-state index is 15.0. The van der Waals surface area contributed by atoms with E-state index in [1.54, 1.807) is 30.3 Å². The lowest BCUT2D eigenvalue weighted by atomic mass is 9.92. The fourth-order valence-electron chi connectivity index (χ4n) is 9.11. The lowest BCUT2D eigenvalue weighted by molar-refractivity contribution is -0.142. The standard InChI is InChI=1S/C55H25F6N7/c56-54(57,58)40-11-14-41(47(24-40)55(59,60)61)46-25-53(68-49-8-4-2-6-43(49)45-13-10-36(22-51(45)68)38-19-33(28-64)16-34(20-38)29-65)52(23-39(46)30-66)67-48-7-3-1-5-42(48)44-12-9-35(21-50(44)67)37-17-31(26-62)15-32(18-37)27-63/h1-25H. The molecule has 0 N–H and O–H groups in total. The smallest absolute Gasteiger partial charge is 0.307 e. The van der Waals surface area contributed by atoms with E-state index < -0.39 is 29.0 Å². The van der Waals surface area contributed by atoms with Crippen molar-refractivity contribution in [1.82, 2.24) is 9.13 Å². The van der Waals surface area contributed by atoms with Crippen LogP contribution < -0.4 is 0 Å². The van der Waals surface area contributed by atoms with Crippen LogP contribution in [0.25, 0.3) is 88.4 Å². The average Bonchev–Trinajstić information content (AvgIpc) is 3.86. The fourth-order valence-corrected chi connectivity index (χ4v) is 9.11. The Labute approximate surface area is 382 Å². The van der Waals surface area contributed by atoms with E-state index in [4.69, 9.17) is 0 Å². The summed E-state index contributed by atoms with van der Waals surface area (Å²) in [7, 11) is 0. The van der Waals surface area contributed by atoms with Gasteiger partial charge in [0.25, 0.3) is 0 Å². The number of halogens is 6. The number of nitriles is 5. The summed E-state index contributed by atoms with van der Waals surface area (Å²) in [5.74, 6) is 0. The van der Waals surface area contributed by atoms with Crippen molar-refractivity contribution in [3.8, 4) is 75.1 Å². The zero-order valence-electron chi connectivity index (χ0n) is 34.8. The van der Waals surface area contributed by atoms with Crippen molar-refractivity contribution in [3.63, 3.8) is 0 Å². The highest BCUT2D eigenvalue weighted by atomic mass is 19.4. The minimum Gasteiger partial charge on any atom is -0.307 e. The van der Waals surface area contributed by atoms with Crippen molar-refractivity contribution < 1.29 is 26.3 Å². The predicted octanol–water partition coefficient (Wildman–Crippen LogP) is 14.3. The number of hydrogen-bond donors (Lipinski definition) is 0. The van der Waals surface area contributed by atoms with Gasteiger partial charge in [-0.3, -0.25) is 0 Å². The number of fused-ring (bicyclic) bond motifs is 6. The minimum absolute atomic E-state index is 0.0508.